The molecule has 0 aliphatic heterocycles. The molecule has 0 saturated carbocycles. The summed E-state index contributed by atoms with van der Waals surface area (Å²) in [6.45, 7) is 9.91. The normalized spacial score (nSPS) is 14.2. The maximum atomic E-state index is 5.44. The molecular weight excluding hydrogens is 260 g/mol. The predicted octanol–water partition coefficient (Wildman–Crippen LogP) is 3.54. The fraction of sp³-hybridized carbons (Fsp3) is 0.667. The molecule has 1 rings (SSSR count). The Labute approximate surface area is 130 Å². The Hall–Kier alpha value is -1.06. The van der Waals surface area contributed by atoms with Crippen molar-refractivity contribution in [3.05, 3.63) is 29.8 Å². The minimum atomic E-state index is 0.551. The van der Waals surface area contributed by atoms with Gasteiger partial charge in [-0.1, -0.05) is 45.4 Å². The molecule has 120 valence electrons. The average molecular weight is 292 g/mol. The van der Waals surface area contributed by atoms with Gasteiger partial charge in [0.05, 0.1) is 7.11 Å². The van der Waals surface area contributed by atoms with Gasteiger partial charge < -0.3 is 15.0 Å². The Kier molecular flexibility index (Phi) is 8.40. The highest BCUT2D eigenvalue weighted by Gasteiger charge is 2.17. The highest BCUT2D eigenvalue weighted by Crippen LogP contribution is 2.19. The first-order chi connectivity index (χ1) is 10.1. The molecule has 1 N–H and O–H groups in total. The SMILES string of the molecule is CCCNC(CN(C)Cc1ccccc1OC)C(C)CC. The van der Waals surface area contributed by atoms with Crippen molar-refractivity contribution in [1.82, 2.24) is 10.2 Å². The summed E-state index contributed by atoms with van der Waals surface area (Å²) in [5.41, 5.74) is 1.25. The molecule has 3 heteroatoms. The number of nitrogens with zero attached hydrogens (tertiary/aromatic N) is 1. The Bertz CT molecular complexity index is 395. The Morgan fingerprint density at radius 3 is 2.57 bits per heavy atom. The molecule has 0 radical (unpaired) electrons. The Morgan fingerprint density at radius 1 is 1.24 bits per heavy atom. The molecule has 0 aromatic heterocycles. The second-order valence-electron chi connectivity index (χ2n) is 5.95. The van der Waals surface area contributed by atoms with Crippen LogP contribution in [-0.4, -0.2) is 38.2 Å². The van der Waals surface area contributed by atoms with E-state index in [1.807, 2.05) is 12.1 Å². The van der Waals surface area contributed by atoms with Crippen LogP contribution in [0.1, 0.15) is 39.2 Å². The quantitative estimate of drug-likeness (QED) is 0.714. The van der Waals surface area contributed by atoms with Crippen molar-refractivity contribution in [2.24, 2.45) is 5.92 Å². The van der Waals surface area contributed by atoms with Gasteiger partial charge in [0.25, 0.3) is 0 Å². The van der Waals surface area contributed by atoms with Gasteiger partial charge in [-0.3, -0.25) is 0 Å². The molecule has 0 amide bonds. The van der Waals surface area contributed by atoms with Crippen LogP contribution in [0.3, 0.4) is 0 Å². The first-order valence-electron chi connectivity index (χ1n) is 8.16. The van der Waals surface area contributed by atoms with E-state index >= 15 is 0 Å². The van der Waals surface area contributed by atoms with Gasteiger partial charge in [-0.05, 0) is 32.0 Å². The van der Waals surface area contributed by atoms with Crippen LogP contribution < -0.4 is 10.1 Å². The molecule has 0 heterocycles. The van der Waals surface area contributed by atoms with Crippen LogP contribution in [0.25, 0.3) is 0 Å². The van der Waals surface area contributed by atoms with Gasteiger partial charge in [0.2, 0.25) is 0 Å². The Morgan fingerprint density at radius 2 is 1.95 bits per heavy atom. The van der Waals surface area contributed by atoms with Crippen molar-refractivity contribution in [3.63, 3.8) is 0 Å². The van der Waals surface area contributed by atoms with E-state index in [0.29, 0.717) is 12.0 Å². The zero-order chi connectivity index (χ0) is 15.7. The molecule has 2 unspecified atom stereocenters. The van der Waals surface area contributed by atoms with E-state index in [0.717, 1.165) is 25.4 Å². The summed E-state index contributed by atoms with van der Waals surface area (Å²) in [4.78, 5) is 2.39. The van der Waals surface area contributed by atoms with E-state index in [1.165, 1.54) is 18.4 Å². The third-order valence-corrected chi connectivity index (χ3v) is 4.13. The number of methoxy groups -OCH3 is 1. The predicted molar refractivity (Wildman–Crippen MR) is 90.9 cm³/mol. The van der Waals surface area contributed by atoms with Crippen LogP contribution in [0.2, 0.25) is 0 Å². The van der Waals surface area contributed by atoms with Crippen LogP contribution in [0.15, 0.2) is 24.3 Å². The Balaban J connectivity index is 2.62. The molecule has 0 fully saturated rings. The number of nitrogens with one attached hydrogen (secondary N) is 1. The lowest BCUT2D eigenvalue weighted by molar-refractivity contribution is 0.236. The van der Waals surface area contributed by atoms with E-state index in [2.05, 4.69) is 50.2 Å². The van der Waals surface area contributed by atoms with Crippen molar-refractivity contribution < 1.29 is 4.74 Å². The number of hydrogen-bond acceptors (Lipinski definition) is 3. The van der Waals surface area contributed by atoms with E-state index in [1.54, 1.807) is 7.11 Å². The minimum Gasteiger partial charge on any atom is -0.496 e. The lowest BCUT2D eigenvalue weighted by Gasteiger charge is -2.29. The van der Waals surface area contributed by atoms with Gasteiger partial charge in [-0.15, -0.1) is 0 Å². The van der Waals surface area contributed by atoms with Crippen LogP contribution in [0.4, 0.5) is 0 Å². The summed E-state index contributed by atoms with van der Waals surface area (Å²) in [6.07, 6.45) is 2.40. The summed E-state index contributed by atoms with van der Waals surface area (Å²) in [7, 11) is 3.93. The second-order valence-corrected chi connectivity index (χ2v) is 5.95. The standard InChI is InChI=1S/C18H32N2O/c1-6-12-19-17(15(3)7-2)14-20(4)13-16-10-8-9-11-18(16)21-5/h8-11,15,17,19H,6-7,12-14H2,1-5H3. The first kappa shape index (κ1) is 18.0. The van der Waals surface area contributed by atoms with Gasteiger partial charge in [-0.25, -0.2) is 0 Å². The van der Waals surface area contributed by atoms with Crippen LogP contribution in [-0.2, 0) is 6.54 Å². The number of likely N-dealkylation sites (N-methyl/N-ethyl adjacent to an activating group) is 1. The molecular formula is C18H32N2O. The van der Waals surface area contributed by atoms with E-state index in [-0.39, 0.29) is 0 Å². The fourth-order valence-electron chi connectivity index (χ4n) is 2.58. The second kappa shape index (κ2) is 9.80. The van der Waals surface area contributed by atoms with Crippen molar-refractivity contribution in [1.29, 1.82) is 0 Å². The van der Waals surface area contributed by atoms with Crippen LogP contribution >= 0.6 is 0 Å². The zero-order valence-corrected chi connectivity index (χ0v) is 14.4. The third-order valence-electron chi connectivity index (χ3n) is 4.13. The minimum absolute atomic E-state index is 0.551. The number of rotatable bonds is 10. The summed E-state index contributed by atoms with van der Waals surface area (Å²) in [6, 6.07) is 8.83. The molecule has 0 aliphatic carbocycles. The van der Waals surface area contributed by atoms with E-state index in [4.69, 9.17) is 4.74 Å². The summed E-state index contributed by atoms with van der Waals surface area (Å²) < 4.78 is 5.44. The zero-order valence-electron chi connectivity index (χ0n) is 14.4. The van der Waals surface area contributed by atoms with Crippen molar-refractivity contribution >= 4 is 0 Å². The molecule has 2 atom stereocenters. The maximum Gasteiger partial charge on any atom is 0.123 e. The fourth-order valence-corrected chi connectivity index (χ4v) is 2.58. The van der Waals surface area contributed by atoms with E-state index in [9.17, 15) is 0 Å². The molecule has 1 aromatic carbocycles. The number of ether oxygens (including phenoxy) is 1. The molecule has 0 aliphatic rings. The highest BCUT2D eigenvalue weighted by molar-refractivity contribution is 5.33. The molecule has 1 aromatic rings. The average Bonchev–Trinajstić information content (AvgIpc) is 2.51. The third kappa shape index (κ3) is 6.06. The van der Waals surface area contributed by atoms with Crippen molar-refractivity contribution in [2.75, 3.05) is 27.2 Å². The van der Waals surface area contributed by atoms with Gasteiger partial charge in [0, 0.05) is 24.7 Å². The van der Waals surface area contributed by atoms with Crippen molar-refractivity contribution in [3.8, 4) is 5.75 Å². The molecule has 0 spiro atoms. The number of benzene rings is 1. The summed E-state index contributed by atoms with van der Waals surface area (Å²) in [5, 5.41) is 3.69. The van der Waals surface area contributed by atoms with Gasteiger partial charge in [0.1, 0.15) is 5.75 Å². The molecule has 0 bridgehead atoms. The van der Waals surface area contributed by atoms with Gasteiger partial charge >= 0.3 is 0 Å². The molecule has 0 saturated heterocycles. The largest absolute Gasteiger partial charge is 0.496 e. The number of hydrogen-bond donors (Lipinski definition) is 1. The maximum absolute atomic E-state index is 5.44. The molecule has 3 nitrogen and oxygen atoms in total. The smallest absolute Gasteiger partial charge is 0.123 e. The topological polar surface area (TPSA) is 24.5 Å². The lowest BCUT2D eigenvalue weighted by Crippen LogP contribution is -2.43. The lowest BCUT2D eigenvalue weighted by atomic mass is 9.98. The molecule has 21 heavy (non-hydrogen) atoms. The van der Waals surface area contributed by atoms with Gasteiger partial charge in [-0.2, -0.15) is 0 Å². The summed E-state index contributed by atoms with van der Waals surface area (Å²) in [5.74, 6) is 1.67. The monoisotopic (exact) mass is 292 g/mol. The highest BCUT2D eigenvalue weighted by atomic mass is 16.5. The van der Waals surface area contributed by atoms with Crippen molar-refractivity contribution in [2.45, 2.75) is 46.2 Å². The number of para-hydroxylation sites is 1. The van der Waals surface area contributed by atoms with Gasteiger partial charge in [0.15, 0.2) is 0 Å². The van der Waals surface area contributed by atoms with E-state index < -0.39 is 0 Å². The summed E-state index contributed by atoms with van der Waals surface area (Å²) >= 11 is 0. The van der Waals surface area contributed by atoms with Crippen LogP contribution in [0.5, 0.6) is 5.75 Å². The van der Waals surface area contributed by atoms with Crippen LogP contribution in [0, 0.1) is 5.92 Å². The first-order valence-corrected chi connectivity index (χ1v) is 8.16.